The van der Waals surface area contributed by atoms with Gasteiger partial charge in [-0.3, -0.25) is 0 Å². The molecule has 0 saturated carbocycles. The van der Waals surface area contributed by atoms with Gasteiger partial charge in [0.15, 0.2) is 0 Å². The first-order valence-corrected chi connectivity index (χ1v) is 2.86. The second kappa shape index (κ2) is 2.15. The molecule has 0 nitrogen and oxygen atoms in total. The van der Waals surface area contributed by atoms with Gasteiger partial charge < -0.3 is 5.92 Å². The minimum Gasteiger partial charge on any atom is -0.313 e. The fraction of sp³-hybridized carbons (Fsp3) is 0.571. The molecule has 0 aromatic rings. The molecule has 0 N–H and O–H groups in total. The van der Waals surface area contributed by atoms with Gasteiger partial charge in [-0.2, -0.15) is 19.8 Å². The van der Waals surface area contributed by atoms with Crippen LogP contribution in [0.1, 0.15) is 26.2 Å². The predicted octanol–water partition coefficient (Wildman–Crippen LogP) is 2.32. The van der Waals surface area contributed by atoms with Crippen LogP contribution in [0.2, 0.25) is 0 Å². The molecule has 1 aliphatic rings. The lowest BCUT2D eigenvalue weighted by Gasteiger charge is -2.24. The van der Waals surface area contributed by atoms with E-state index in [-0.39, 0.29) is 0 Å². The molecule has 0 amide bonds. The van der Waals surface area contributed by atoms with E-state index in [1.54, 1.807) is 5.92 Å². The van der Waals surface area contributed by atoms with Gasteiger partial charge in [0.25, 0.3) is 0 Å². The van der Waals surface area contributed by atoms with Gasteiger partial charge in [-0.1, -0.05) is 12.5 Å². The molecule has 0 radical (unpaired) electrons. The van der Waals surface area contributed by atoms with Gasteiger partial charge in [0.2, 0.25) is 0 Å². The molecule has 0 spiro atoms. The summed E-state index contributed by atoms with van der Waals surface area (Å²) in [6.45, 7) is 2.23. The summed E-state index contributed by atoms with van der Waals surface area (Å²) in [4.78, 5) is 0. The molecular formula is C7H11-. The molecule has 0 heteroatoms. The largest absolute Gasteiger partial charge is 0.313 e. The Bertz CT molecular complexity index is 72.1. The van der Waals surface area contributed by atoms with Gasteiger partial charge in [0, 0.05) is 0 Å². The van der Waals surface area contributed by atoms with Crippen LogP contribution in [-0.4, -0.2) is 0 Å². The molecule has 0 bridgehead atoms. The highest BCUT2D eigenvalue weighted by Crippen LogP contribution is 2.18. The molecular weight excluding hydrogens is 84.1 g/mol. The highest BCUT2D eigenvalue weighted by molar-refractivity contribution is 5.01. The number of rotatable bonds is 0. The molecule has 0 unspecified atom stereocenters. The van der Waals surface area contributed by atoms with Crippen LogP contribution < -0.4 is 0 Å². The van der Waals surface area contributed by atoms with Gasteiger partial charge in [-0.05, 0) is 0 Å². The summed E-state index contributed by atoms with van der Waals surface area (Å²) in [5.74, 6) is 1.63. The highest BCUT2D eigenvalue weighted by Gasteiger charge is 1.86. The fourth-order valence-electron chi connectivity index (χ4n) is 0.834. The Balaban J connectivity index is 2.32. The third-order valence-corrected chi connectivity index (χ3v) is 1.37. The zero-order chi connectivity index (χ0) is 5.11. The Morgan fingerprint density at radius 3 is 2.57 bits per heavy atom. The van der Waals surface area contributed by atoms with E-state index in [1.165, 1.54) is 19.3 Å². The Morgan fingerprint density at radius 2 is 2.29 bits per heavy atom. The molecule has 0 atom stereocenters. The van der Waals surface area contributed by atoms with Crippen molar-refractivity contribution >= 4 is 0 Å². The third-order valence-electron chi connectivity index (χ3n) is 1.37. The monoisotopic (exact) mass is 95.1 g/mol. The summed E-state index contributed by atoms with van der Waals surface area (Å²) in [5.41, 5.74) is 0. The maximum atomic E-state index is 2.26. The maximum absolute atomic E-state index is 2.26. The van der Waals surface area contributed by atoms with E-state index >= 15 is 0 Å². The summed E-state index contributed by atoms with van der Waals surface area (Å²) in [7, 11) is 0. The SMILES string of the molecule is C[C-]1CC=CCC1. The molecule has 1 aliphatic carbocycles. The van der Waals surface area contributed by atoms with Crippen molar-refractivity contribution in [3.05, 3.63) is 18.1 Å². The van der Waals surface area contributed by atoms with Crippen molar-refractivity contribution in [2.24, 2.45) is 0 Å². The van der Waals surface area contributed by atoms with Gasteiger partial charge >= 0.3 is 0 Å². The number of allylic oxidation sites excluding steroid dienone is 2. The van der Waals surface area contributed by atoms with E-state index < -0.39 is 0 Å². The minimum atomic E-state index is 1.22. The smallest absolute Gasteiger partial charge is 0.0621 e. The molecule has 0 aliphatic heterocycles. The summed E-state index contributed by atoms with van der Waals surface area (Å²) in [6, 6.07) is 0. The Morgan fingerprint density at radius 1 is 1.43 bits per heavy atom. The van der Waals surface area contributed by atoms with Crippen LogP contribution in [-0.2, 0) is 0 Å². The quantitative estimate of drug-likeness (QED) is 0.320. The van der Waals surface area contributed by atoms with E-state index in [0.717, 1.165) is 0 Å². The standard InChI is InChI=1S/C7H11/c1-7-5-3-2-4-6-7/h2-3H,4-6H2,1H3/q-1. The molecule has 40 valence electrons. The second-order valence-corrected chi connectivity index (χ2v) is 2.17. The molecule has 0 heterocycles. The first kappa shape index (κ1) is 4.89. The van der Waals surface area contributed by atoms with Gasteiger partial charge in [-0.25, -0.2) is 0 Å². The maximum Gasteiger partial charge on any atom is -0.0621 e. The highest BCUT2D eigenvalue weighted by atomic mass is 14.1. The lowest BCUT2D eigenvalue weighted by Crippen LogP contribution is -1.92. The lowest BCUT2D eigenvalue weighted by molar-refractivity contribution is 0.774. The van der Waals surface area contributed by atoms with E-state index in [2.05, 4.69) is 19.1 Å². The molecule has 0 fully saturated rings. The normalized spacial score (nSPS) is 23.0. The van der Waals surface area contributed by atoms with Crippen molar-refractivity contribution in [2.45, 2.75) is 26.2 Å². The summed E-state index contributed by atoms with van der Waals surface area (Å²) in [5, 5.41) is 0. The lowest BCUT2D eigenvalue weighted by atomic mass is 9.97. The topological polar surface area (TPSA) is 0 Å². The number of hydrogen-bond donors (Lipinski definition) is 0. The van der Waals surface area contributed by atoms with Crippen LogP contribution in [0.3, 0.4) is 0 Å². The third kappa shape index (κ3) is 1.34. The van der Waals surface area contributed by atoms with Crippen LogP contribution in [0.5, 0.6) is 0 Å². The van der Waals surface area contributed by atoms with Crippen LogP contribution in [0, 0.1) is 5.92 Å². The van der Waals surface area contributed by atoms with Crippen molar-refractivity contribution in [3.63, 3.8) is 0 Å². The van der Waals surface area contributed by atoms with Crippen LogP contribution in [0.15, 0.2) is 12.2 Å². The molecule has 7 heavy (non-hydrogen) atoms. The number of hydrogen-bond acceptors (Lipinski definition) is 0. The second-order valence-electron chi connectivity index (χ2n) is 2.17. The molecule has 1 rings (SSSR count). The summed E-state index contributed by atoms with van der Waals surface area (Å²) < 4.78 is 0. The Hall–Kier alpha value is -0.260. The van der Waals surface area contributed by atoms with Gasteiger partial charge in [0.05, 0.1) is 0 Å². The zero-order valence-corrected chi connectivity index (χ0v) is 4.78. The first-order valence-electron chi connectivity index (χ1n) is 2.86. The van der Waals surface area contributed by atoms with Gasteiger partial charge in [-0.15, -0.1) is 6.08 Å². The van der Waals surface area contributed by atoms with Crippen molar-refractivity contribution < 1.29 is 0 Å². The summed E-state index contributed by atoms with van der Waals surface area (Å²) in [6.07, 6.45) is 8.31. The van der Waals surface area contributed by atoms with Crippen LogP contribution in [0.25, 0.3) is 0 Å². The first-order chi connectivity index (χ1) is 3.39. The zero-order valence-electron chi connectivity index (χ0n) is 4.78. The Kier molecular flexibility index (Phi) is 1.50. The van der Waals surface area contributed by atoms with E-state index in [1.807, 2.05) is 0 Å². The van der Waals surface area contributed by atoms with Crippen molar-refractivity contribution in [1.82, 2.24) is 0 Å². The van der Waals surface area contributed by atoms with Crippen LogP contribution >= 0.6 is 0 Å². The van der Waals surface area contributed by atoms with Crippen molar-refractivity contribution in [3.8, 4) is 0 Å². The van der Waals surface area contributed by atoms with Gasteiger partial charge in [0.1, 0.15) is 0 Å². The van der Waals surface area contributed by atoms with E-state index in [4.69, 9.17) is 0 Å². The molecule has 0 aromatic carbocycles. The average Bonchev–Trinajstić information content (AvgIpc) is 1.69. The van der Waals surface area contributed by atoms with E-state index in [0.29, 0.717) is 0 Å². The molecule has 0 saturated heterocycles. The predicted molar refractivity (Wildman–Crippen MR) is 31.9 cm³/mol. The van der Waals surface area contributed by atoms with Crippen molar-refractivity contribution in [1.29, 1.82) is 0 Å². The van der Waals surface area contributed by atoms with Crippen molar-refractivity contribution in [2.75, 3.05) is 0 Å². The van der Waals surface area contributed by atoms with Crippen LogP contribution in [0.4, 0.5) is 0 Å². The van der Waals surface area contributed by atoms with E-state index in [9.17, 15) is 0 Å². The Labute approximate surface area is 45.2 Å². The average molecular weight is 95.2 g/mol. The molecule has 0 aromatic heterocycles. The summed E-state index contributed by atoms with van der Waals surface area (Å²) >= 11 is 0. The minimum absolute atomic E-state index is 1.22. The fourth-order valence-corrected chi connectivity index (χ4v) is 0.834.